The van der Waals surface area contributed by atoms with E-state index in [0.717, 1.165) is 0 Å². The summed E-state index contributed by atoms with van der Waals surface area (Å²) in [5.41, 5.74) is 0. The molecule has 0 spiro atoms. The predicted molar refractivity (Wildman–Crippen MR) is 33.1 cm³/mol. The predicted octanol–water partition coefficient (Wildman–Crippen LogP) is 2.29. The SMILES string of the molecule is CC.Cl.Cl.Cl.[Ti]. The molecule has 0 aliphatic heterocycles. The maximum atomic E-state index is 2.00. The standard InChI is InChI=1S/C2H6.3ClH.Ti/c1-2;;;;/h1-2H3;3*1H;. The molecule has 0 aromatic rings. The Balaban J connectivity index is -0.000000000833. The Hall–Kier alpha value is 1.58. The van der Waals surface area contributed by atoms with E-state index < -0.39 is 0 Å². The van der Waals surface area contributed by atoms with Gasteiger partial charge in [-0.05, 0) is 0 Å². The maximum absolute atomic E-state index is 2.00. The molecular weight excluding hydrogens is 178 g/mol. The fourth-order valence-electron chi connectivity index (χ4n) is 0. The van der Waals surface area contributed by atoms with Gasteiger partial charge in [-0.2, -0.15) is 0 Å². The molecule has 0 aromatic heterocycles. The summed E-state index contributed by atoms with van der Waals surface area (Å²) >= 11 is 0. The summed E-state index contributed by atoms with van der Waals surface area (Å²) in [7, 11) is 0. The van der Waals surface area contributed by atoms with Crippen molar-refractivity contribution in [3.05, 3.63) is 0 Å². The van der Waals surface area contributed by atoms with E-state index in [1.54, 1.807) is 0 Å². The monoisotopic (exact) mass is 186 g/mol. The van der Waals surface area contributed by atoms with Gasteiger partial charge in [0.1, 0.15) is 0 Å². The van der Waals surface area contributed by atoms with E-state index in [1.165, 1.54) is 0 Å². The van der Waals surface area contributed by atoms with Crippen LogP contribution in [0.2, 0.25) is 0 Å². The van der Waals surface area contributed by atoms with Crippen molar-refractivity contribution in [2.75, 3.05) is 0 Å². The molecule has 0 saturated carbocycles. The van der Waals surface area contributed by atoms with Gasteiger partial charge in [-0.1, -0.05) is 13.8 Å². The summed E-state index contributed by atoms with van der Waals surface area (Å²) < 4.78 is 0. The molecule has 0 nitrogen and oxygen atoms in total. The Kier molecular flexibility index (Phi) is 671. The van der Waals surface area contributed by atoms with Crippen molar-refractivity contribution >= 4 is 37.2 Å². The Morgan fingerprint density at radius 2 is 0.667 bits per heavy atom. The van der Waals surface area contributed by atoms with E-state index in [0.29, 0.717) is 0 Å². The third-order valence-electron chi connectivity index (χ3n) is 0. The minimum atomic E-state index is 0. The van der Waals surface area contributed by atoms with E-state index in [2.05, 4.69) is 0 Å². The molecule has 0 heterocycles. The summed E-state index contributed by atoms with van der Waals surface area (Å²) in [5.74, 6) is 0. The number of hydrogen-bond donors (Lipinski definition) is 0. The summed E-state index contributed by atoms with van der Waals surface area (Å²) in [6, 6.07) is 0. The average molecular weight is 187 g/mol. The van der Waals surface area contributed by atoms with Crippen molar-refractivity contribution < 1.29 is 21.7 Å². The molecule has 0 aliphatic carbocycles. The van der Waals surface area contributed by atoms with Crippen molar-refractivity contribution in [3.63, 3.8) is 0 Å². The topological polar surface area (TPSA) is 0 Å². The second kappa shape index (κ2) is 81.8. The summed E-state index contributed by atoms with van der Waals surface area (Å²) in [6.07, 6.45) is 0. The van der Waals surface area contributed by atoms with Gasteiger partial charge < -0.3 is 0 Å². The zero-order valence-electron chi connectivity index (χ0n) is 3.72. The van der Waals surface area contributed by atoms with Crippen molar-refractivity contribution in [2.24, 2.45) is 0 Å². The van der Waals surface area contributed by atoms with Gasteiger partial charge in [-0.3, -0.25) is 0 Å². The molecule has 0 radical (unpaired) electrons. The van der Waals surface area contributed by atoms with Gasteiger partial charge >= 0.3 is 0 Å². The van der Waals surface area contributed by atoms with Crippen LogP contribution in [-0.2, 0) is 21.7 Å². The maximum Gasteiger partial charge on any atom is 0 e. The third kappa shape index (κ3) is 46.8. The molecule has 0 fully saturated rings. The molecule has 6 heavy (non-hydrogen) atoms. The molecule has 0 bridgehead atoms. The molecule has 0 aromatic carbocycles. The van der Waals surface area contributed by atoms with Crippen LogP contribution in [-0.4, -0.2) is 0 Å². The Labute approximate surface area is 72.6 Å². The first kappa shape index (κ1) is 49.2. The molecule has 0 amide bonds. The van der Waals surface area contributed by atoms with Crippen molar-refractivity contribution in [1.82, 2.24) is 0 Å². The Morgan fingerprint density at radius 1 is 0.667 bits per heavy atom. The molecule has 0 atom stereocenters. The van der Waals surface area contributed by atoms with E-state index in [4.69, 9.17) is 0 Å². The van der Waals surface area contributed by atoms with Gasteiger partial charge in [0.2, 0.25) is 0 Å². The number of hydrogen-bond acceptors (Lipinski definition) is 0. The van der Waals surface area contributed by atoms with E-state index in [-0.39, 0.29) is 58.9 Å². The molecule has 0 rings (SSSR count). The van der Waals surface area contributed by atoms with Crippen LogP contribution in [0.15, 0.2) is 0 Å². The fraction of sp³-hybridized carbons (Fsp3) is 1.00. The molecule has 0 N–H and O–H groups in total. The molecule has 0 unspecified atom stereocenters. The van der Waals surface area contributed by atoms with Crippen LogP contribution >= 0.6 is 37.2 Å². The smallest absolute Gasteiger partial charge is 0 e. The normalized spacial score (nSPS) is 1.00. The van der Waals surface area contributed by atoms with E-state index >= 15 is 0 Å². The largest absolute Gasteiger partial charge is 0.147 e. The van der Waals surface area contributed by atoms with Gasteiger partial charge in [0.15, 0.2) is 0 Å². The summed E-state index contributed by atoms with van der Waals surface area (Å²) in [6.45, 7) is 4.00. The second-order valence-electron chi connectivity index (χ2n) is 0. The second-order valence-corrected chi connectivity index (χ2v) is 0. The molecule has 0 saturated heterocycles. The van der Waals surface area contributed by atoms with Gasteiger partial charge in [-0.25, -0.2) is 0 Å². The first-order valence-electron chi connectivity index (χ1n) is 1.00. The van der Waals surface area contributed by atoms with Crippen LogP contribution in [0.1, 0.15) is 13.8 Å². The molecule has 0 aliphatic rings. The van der Waals surface area contributed by atoms with E-state index in [9.17, 15) is 0 Å². The minimum absolute atomic E-state index is 0. The number of rotatable bonds is 0. The first-order chi connectivity index (χ1) is 1.00. The van der Waals surface area contributed by atoms with Crippen molar-refractivity contribution in [2.45, 2.75) is 13.8 Å². The van der Waals surface area contributed by atoms with Crippen LogP contribution < -0.4 is 0 Å². The van der Waals surface area contributed by atoms with E-state index in [1.807, 2.05) is 13.8 Å². The molecule has 42 valence electrons. The average Bonchev–Trinajstić information content (AvgIpc) is 1.00. The zero-order chi connectivity index (χ0) is 2.00. The van der Waals surface area contributed by atoms with Gasteiger partial charge in [-0.15, -0.1) is 37.2 Å². The Bertz CT molecular complexity index is 8.75. The fourth-order valence-corrected chi connectivity index (χ4v) is 0. The summed E-state index contributed by atoms with van der Waals surface area (Å²) in [4.78, 5) is 0. The van der Waals surface area contributed by atoms with Crippen molar-refractivity contribution in [3.8, 4) is 0 Å². The van der Waals surface area contributed by atoms with Gasteiger partial charge in [0.05, 0.1) is 0 Å². The Morgan fingerprint density at radius 3 is 0.667 bits per heavy atom. The summed E-state index contributed by atoms with van der Waals surface area (Å²) in [5, 5.41) is 0. The minimum Gasteiger partial charge on any atom is -0.147 e. The van der Waals surface area contributed by atoms with Crippen LogP contribution in [0, 0.1) is 0 Å². The molecular formula is C2H9Cl3Ti. The van der Waals surface area contributed by atoms with Crippen LogP contribution in [0.5, 0.6) is 0 Å². The van der Waals surface area contributed by atoms with Crippen molar-refractivity contribution in [1.29, 1.82) is 0 Å². The zero-order valence-corrected chi connectivity index (χ0v) is 7.74. The third-order valence-corrected chi connectivity index (χ3v) is 0. The van der Waals surface area contributed by atoms with Crippen LogP contribution in [0.25, 0.3) is 0 Å². The number of halogens is 3. The van der Waals surface area contributed by atoms with Gasteiger partial charge in [0.25, 0.3) is 0 Å². The van der Waals surface area contributed by atoms with Crippen LogP contribution in [0.4, 0.5) is 0 Å². The molecule has 4 heteroatoms. The quantitative estimate of drug-likeness (QED) is 0.510. The van der Waals surface area contributed by atoms with Gasteiger partial charge in [0, 0.05) is 21.7 Å². The van der Waals surface area contributed by atoms with Crippen LogP contribution in [0.3, 0.4) is 0 Å². The first-order valence-corrected chi connectivity index (χ1v) is 1.00.